The van der Waals surface area contributed by atoms with E-state index in [1.54, 1.807) is 6.07 Å². The molecule has 0 radical (unpaired) electrons. The van der Waals surface area contributed by atoms with E-state index in [0.29, 0.717) is 17.3 Å². The van der Waals surface area contributed by atoms with Gasteiger partial charge in [-0.05, 0) is 55.5 Å². The lowest BCUT2D eigenvalue weighted by Crippen LogP contribution is -2.09. The zero-order valence-electron chi connectivity index (χ0n) is 17.1. The highest BCUT2D eigenvalue weighted by molar-refractivity contribution is 5.88. The van der Waals surface area contributed by atoms with Gasteiger partial charge < -0.3 is 16.4 Å². The van der Waals surface area contributed by atoms with Crippen LogP contribution in [0.5, 0.6) is 0 Å². The van der Waals surface area contributed by atoms with Gasteiger partial charge in [0, 0.05) is 35.1 Å². The van der Waals surface area contributed by atoms with E-state index in [1.165, 1.54) is 31.3 Å². The van der Waals surface area contributed by atoms with Crippen LogP contribution in [0.4, 0.5) is 15.9 Å². The molecule has 1 aliphatic rings. The number of nitrogens with zero attached hydrogens (tertiary/aromatic N) is 2. The number of halogens is 1. The second kappa shape index (κ2) is 9.37. The molecule has 2 aromatic carbocycles. The van der Waals surface area contributed by atoms with Gasteiger partial charge in [-0.3, -0.25) is 0 Å². The predicted octanol–water partition coefficient (Wildman–Crippen LogP) is 5.59. The van der Waals surface area contributed by atoms with Crippen molar-refractivity contribution in [2.45, 2.75) is 39.7 Å². The van der Waals surface area contributed by atoms with Crippen LogP contribution in [0.2, 0.25) is 0 Å². The molecule has 4 N–H and O–H groups in total. The van der Waals surface area contributed by atoms with Crippen molar-refractivity contribution in [1.82, 2.24) is 9.97 Å². The van der Waals surface area contributed by atoms with Crippen molar-refractivity contribution in [3.8, 4) is 0 Å². The summed E-state index contributed by atoms with van der Waals surface area (Å²) in [4.78, 5) is 8.44. The maximum absolute atomic E-state index is 13.4. The van der Waals surface area contributed by atoms with Crippen LogP contribution in [-0.4, -0.2) is 9.97 Å². The molecule has 1 atom stereocenters. The number of nitrogens with one attached hydrogen (secondary N) is 2. The second-order valence-corrected chi connectivity index (χ2v) is 6.93. The number of fused-ring (bicyclic) bond motifs is 1. The highest BCUT2D eigenvalue weighted by Crippen LogP contribution is 2.33. The molecule has 1 saturated carbocycles. The van der Waals surface area contributed by atoms with Gasteiger partial charge in [0.1, 0.15) is 18.0 Å². The number of nitrogens with two attached hydrogens (primary N) is 1. The summed E-state index contributed by atoms with van der Waals surface area (Å²) < 4.78 is 13.4. The highest BCUT2D eigenvalue weighted by Gasteiger charge is 2.23. The maximum atomic E-state index is 13.4. The molecule has 29 heavy (non-hydrogen) atoms. The average molecular weight is 394 g/mol. The molecule has 0 amide bonds. The molecule has 0 spiro atoms. The Bertz CT molecular complexity index is 980. The van der Waals surface area contributed by atoms with Gasteiger partial charge in [0.05, 0.1) is 5.52 Å². The molecule has 0 bridgehead atoms. The maximum Gasteiger partial charge on any atom is 0.137 e. The van der Waals surface area contributed by atoms with Crippen molar-refractivity contribution in [2.75, 3.05) is 10.6 Å². The first-order chi connectivity index (χ1) is 14.1. The van der Waals surface area contributed by atoms with Gasteiger partial charge in [-0.1, -0.05) is 26.0 Å². The molecule has 1 heterocycles. The van der Waals surface area contributed by atoms with Crippen molar-refractivity contribution < 1.29 is 4.39 Å². The summed E-state index contributed by atoms with van der Waals surface area (Å²) in [6.07, 6.45) is 5.72. The Kier molecular flexibility index (Phi) is 6.65. The number of aromatic nitrogens is 2. The smallest absolute Gasteiger partial charge is 0.137 e. The first-order valence-corrected chi connectivity index (χ1v) is 10.1. The van der Waals surface area contributed by atoms with E-state index in [0.717, 1.165) is 22.3 Å². The molecule has 152 valence electrons. The molecule has 0 aliphatic heterocycles. The number of hydrogen-bond donors (Lipinski definition) is 3. The lowest BCUT2D eigenvalue weighted by atomic mass is 10.1. The van der Waals surface area contributed by atoms with E-state index < -0.39 is 0 Å². The summed E-state index contributed by atoms with van der Waals surface area (Å²) in [5.74, 6) is 0.937. The van der Waals surface area contributed by atoms with E-state index >= 15 is 0 Å². The molecular formula is C23H28FN5. The van der Waals surface area contributed by atoms with Crippen molar-refractivity contribution in [3.63, 3.8) is 0 Å². The highest BCUT2D eigenvalue weighted by atomic mass is 19.1. The first-order valence-electron chi connectivity index (χ1n) is 10.1. The Balaban J connectivity index is 0.00000117. The van der Waals surface area contributed by atoms with Gasteiger partial charge in [-0.25, -0.2) is 14.4 Å². The third-order valence-electron chi connectivity index (χ3n) is 4.82. The van der Waals surface area contributed by atoms with Crippen LogP contribution in [0, 0.1) is 11.7 Å². The van der Waals surface area contributed by atoms with Crippen molar-refractivity contribution in [2.24, 2.45) is 11.7 Å². The SMILES string of the molecule is CC.CC(Nc1ncnc2cc(F)ccc12)c1ccc(N/C=C(\N)C2CC2)cc1. The molecule has 1 unspecified atom stereocenters. The number of benzene rings is 2. The van der Waals surface area contributed by atoms with E-state index in [4.69, 9.17) is 5.73 Å². The van der Waals surface area contributed by atoms with Crippen LogP contribution in [0.15, 0.2) is 60.7 Å². The lowest BCUT2D eigenvalue weighted by molar-refractivity contribution is 0.629. The Morgan fingerprint density at radius 1 is 1.14 bits per heavy atom. The van der Waals surface area contributed by atoms with Crippen LogP contribution in [0.3, 0.4) is 0 Å². The van der Waals surface area contributed by atoms with Crippen LogP contribution < -0.4 is 16.4 Å². The molecule has 4 rings (SSSR count). The largest absolute Gasteiger partial charge is 0.401 e. The topological polar surface area (TPSA) is 75.9 Å². The fraction of sp³-hybridized carbons (Fsp3) is 0.304. The van der Waals surface area contributed by atoms with Gasteiger partial charge in [0.15, 0.2) is 0 Å². The zero-order chi connectivity index (χ0) is 20.8. The van der Waals surface area contributed by atoms with Gasteiger partial charge in [-0.15, -0.1) is 0 Å². The van der Waals surface area contributed by atoms with Crippen LogP contribution >= 0.6 is 0 Å². The lowest BCUT2D eigenvalue weighted by Gasteiger charge is -2.16. The summed E-state index contributed by atoms with van der Waals surface area (Å²) in [5.41, 5.74) is 9.62. The molecular weight excluding hydrogens is 365 g/mol. The Morgan fingerprint density at radius 3 is 2.55 bits per heavy atom. The summed E-state index contributed by atoms with van der Waals surface area (Å²) in [6.45, 7) is 6.06. The van der Waals surface area contributed by atoms with Gasteiger partial charge >= 0.3 is 0 Å². The summed E-state index contributed by atoms with van der Waals surface area (Å²) in [7, 11) is 0. The third kappa shape index (κ3) is 5.22. The molecule has 1 fully saturated rings. The third-order valence-corrected chi connectivity index (χ3v) is 4.82. The first kappa shape index (κ1) is 20.6. The summed E-state index contributed by atoms with van der Waals surface area (Å²) >= 11 is 0. The number of anilines is 2. The zero-order valence-corrected chi connectivity index (χ0v) is 17.1. The molecule has 1 aliphatic carbocycles. The molecule has 3 aromatic rings. The van der Waals surface area contributed by atoms with Crippen LogP contribution in [0.25, 0.3) is 10.9 Å². The molecule has 6 heteroatoms. The van der Waals surface area contributed by atoms with E-state index in [9.17, 15) is 4.39 Å². The van der Waals surface area contributed by atoms with Gasteiger partial charge in [0.2, 0.25) is 0 Å². The molecule has 0 saturated heterocycles. The Labute approximate surface area is 171 Å². The van der Waals surface area contributed by atoms with Crippen molar-refractivity contribution in [1.29, 1.82) is 0 Å². The number of hydrogen-bond acceptors (Lipinski definition) is 5. The number of rotatable bonds is 6. The molecule has 5 nitrogen and oxygen atoms in total. The van der Waals surface area contributed by atoms with Gasteiger partial charge in [0.25, 0.3) is 0 Å². The standard InChI is InChI=1S/C21H22FN5.C2H6/c1-13(27-21-18-9-6-16(22)10-20(18)25-12-26-21)14-4-7-17(8-5-14)24-11-19(23)15-2-3-15;1-2/h4-13,15,24H,2-3,23H2,1H3,(H,25,26,27);1-2H3/b19-11-;. The van der Waals surface area contributed by atoms with E-state index in [2.05, 4.69) is 39.7 Å². The van der Waals surface area contributed by atoms with Crippen molar-refractivity contribution in [3.05, 3.63) is 72.1 Å². The fourth-order valence-electron chi connectivity index (χ4n) is 3.00. The van der Waals surface area contributed by atoms with Crippen LogP contribution in [0.1, 0.15) is 45.2 Å². The van der Waals surface area contributed by atoms with Crippen molar-refractivity contribution >= 4 is 22.4 Å². The normalized spacial score (nSPS) is 14.7. The second-order valence-electron chi connectivity index (χ2n) is 6.93. The average Bonchev–Trinajstić information content (AvgIpc) is 3.59. The summed E-state index contributed by atoms with van der Waals surface area (Å²) in [5, 5.41) is 7.43. The minimum absolute atomic E-state index is 0.0364. The van der Waals surface area contributed by atoms with E-state index in [-0.39, 0.29) is 11.9 Å². The predicted molar refractivity (Wildman–Crippen MR) is 118 cm³/mol. The fourth-order valence-corrected chi connectivity index (χ4v) is 3.00. The van der Waals surface area contributed by atoms with Crippen LogP contribution in [-0.2, 0) is 0 Å². The quantitative estimate of drug-likeness (QED) is 0.509. The number of allylic oxidation sites excluding steroid dienone is 1. The van der Waals surface area contributed by atoms with Gasteiger partial charge in [-0.2, -0.15) is 0 Å². The summed E-state index contributed by atoms with van der Waals surface area (Å²) in [6, 6.07) is 12.7. The minimum Gasteiger partial charge on any atom is -0.401 e. The minimum atomic E-state index is -0.306. The Morgan fingerprint density at radius 2 is 1.86 bits per heavy atom. The Hall–Kier alpha value is -3.15. The molecule has 1 aromatic heterocycles. The monoisotopic (exact) mass is 393 g/mol. The van der Waals surface area contributed by atoms with E-state index in [1.807, 2.05) is 32.2 Å².